The summed E-state index contributed by atoms with van der Waals surface area (Å²) in [7, 11) is 0. The molecule has 2 aromatic carbocycles. The molecule has 0 radical (unpaired) electrons. The Hall–Kier alpha value is -2.46. The average molecular weight is 397 g/mol. The third-order valence-corrected chi connectivity index (χ3v) is 5.36. The number of ether oxygens (including phenoxy) is 2. The Morgan fingerprint density at radius 3 is 2.04 bits per heavy atom. The number of benzene rings is 2. The van der Waals surface area contributed by atoms with Gasteiger partial charge in [-0.25, -0.2) is 4.98 Å². The van der Waals surface area contributed by atoms with Crippen LogP contribution in [0.2, 0.25) is 0 Å². The largest absolute Gasteiger partial charge is 0.493 e. The maximum Gasteiger partial charge on any atom is 0.122 e. The molecule has 0 saturated heterocycles. The Bertz CT molecular complexity index is 959. The lowest BCUT2D eigenvalue weighted by atomic mass is 9.96. The molecule has 5 heteroatoms. The maximum atomic E-state index is 5.67. The summed E-state index contributed by atoms with van der Waals surface area (Å²) in [5.74, 6) is 3.01. The number of hydrogen-bond donors (Lipinski definition) is 1. The SMILES string of the molecule is CC(C)(C)c1nc(-c2ccc3c(c2)CCO3)c(-c2ccc3c(c2)CCO3)[nH]1.Cl. The predicted octanol–water partition coefficient (Wildman–Crippen LogP) is 5.33. The lowest BCUT2D eigenvalue weighted by Gasteiger charge is -2.14. The summed E-state index contributed by atoms with van der Waals surface area (Å²) in [5.41, 5.74) is 6.87. The van der Waals surface area contributed by atoms with Crippen molar-refractivity contribution in [2.24, 2.45) is 0 Å². The van der Waals surface area contributed by atoms with Crippen molar-refractivity contribution in [3.63, 3.8) is 0 Å². The van der Waals surface area contributed by atoms with Gasteiger partial charge in [0.15, 0.2) is 0 Å². The molecule has 2 aliphatic rings. The second kappa shape index (κ2) is 6.85. The molecule has 3 heterocycles. The van der Waals surface area contributed by atoms with E-state index in [9.17, 15) is 0 Å². The fourth-order valence-corrected chi connectivity index (χ4v) is 3.82. The first kappa shape index (κ1) is 18.9. The molecule has 0 fully saturated rings. The van der Waals surface area contributed by atoms with Gasteiger partial charge in [-0.05, 0) is 47.5 Å². The number of halogens is 1. The summed E-state index contributed by atoms with van der Waals surface area (Å²) in [5, 5.41) is 0. The van der Waals surface area contributed by atoms with Crippen molar-refractivity contribution in [1.29, 1.82) is 0 Å². The quantitative estimate of drug-likeness (QED) is 0.636. The molecule has 146 valence electrons. The Labute approximate surface area is 171 Å². The number of nitrogens with one attached hydrogen (secondary N) is 1. The van der Waals surface area contributed by atoms with E-state index in [4.69, 9.17) is 14.5 Å². The van der Waals surface area contributed by atoms with Crippen molar-refractivity contribution in [1.82, 2.24) is 9.97 Å². The molecule has 0 unspecified atom stereocenters. The number of nitrogens with zero attached hydrogens (tertiary/aromatic N) is 1. The van der Waals surface area contributed by atoms with E-state index in [1.165, 1.54) is 11.1 Å². The second-order valence-electron chi connectivity index (χ2n) is 8.40. The highest BCUT2D eigenvalue weighted by Crippen LogP contribution is 2.38. The standard InChI is InChI=1S/C23H24N2O2.ClH/c1-23(2,3)22-24-20(16-4-6-18-14(12-16)8-10-26-18)21(25-22)17-5-7-19-15(13-17)9-11-27-19;/h4-7,12-13H,8-11H2,1-3H3,(H,24,25);1H. The molecule has 4 nitrogen and oxygen atoms in total. The van der Waals surface area contributed by atoms with E-state index in [-0.39, 0.29) is 17.8 Å². The zero-order chi connectivity index (χ0) is 18.6. The zero-order valence-corrected chi connectivity index (χ0v) is 17.3. The molecule has 1 N–H and O–H groups in total. The van der Waals surface area contributed by atoms with Gasteiger partial charge >= 0.3 is 0 Å². The van der Waals surface area contributed by atoms with Crippen molar-refractivity contribution in [3.8, 4) is 34.0 Å². The topological polar surface area (TPSA) is 47.1 Å². The second-order valence-corrected chi connectivity index (χ2v) is 8.40. The van der Waals surface area contributed by atoms with Crippen LogP contribution in [0.25, 0.3) is 22.5 Å². The first-order chi connectivity index (χ1) is 13.0. The van der Waals surface area contributed by atoms with Crippen LogP contribution >= 0.6 is 12.4 Å². The number of H-pyrrole nitrogens is 1. The van der Waals surface area contributed by atoms with E-state index < -0.39 is 0 Å². The fraction of sp³-hybridized carbons (Fsp3) is 0.348. The van der Waals surface area contributed by atoms with Gasteiger partial charge in [0.1, 0.15) is 17.3 Å². The van der Waals surface area contributed by atoms with Gasteiger partial charge in [-0.15, -0.1) is 12.4 Å². The lowest BCUT2D eigenvalue weighted by Crippen LogP contribution is -2.13. The van der Waals surface area contributed by atoms with Crippen LogP contribution in [0, 0.1) is 0 Å². The number of fused-ring (bicyclic) bond motifs is 2. The Morgan fingerprint density at radius 2 is 1.43 bits per heavy atom. The molecular weight excluding hydrogens is 372 g/mol. The van der Waals surface area contributed by atoms with Gasteiger partial charge in [-0.1, -0.05) is 20.8 Å². The summed E-state index contributed by atoms with van der Waals surface area (Å²) in [4.78, 5) is 8.63. The number of hydrogen-bond acceptors (Lipinski definition) is 3. The first-order valence-corrected chi connectivity index (χ1v) is 9.62. The molecule has 0 spiro atoms. The van der Waals surface area contributed by atoms with E-state index in [2.05, 4.69) is 62.2 Å². The van der Waals surface area contributed by atoms with Crippen molar-refractivity contribution < 1.29 is 9.47 Å². The minimum Gasteiger partial charge on any atom is -0.493 e. The van der Waals surface area contributed by atoms with Crippen LogP contribution in [0.4, 0.5) is 0 Å². The van der Waals surface area contributed by atoms with Gasteiger partial charge in [-0.2, -0.15) is 0 Å². The summed E-state index contributed by atoms with van der Waals surface area (Å²) >= 11 is 0. The highest BCUT2D eigenvalue weighted by atomic mass is 35.5. The zero-order valence-electron chi connectivity index (χ0n) is 16.5. The smallest absolute Gasteiger partial charge is 0.122 e. The molecule has 28 heavy (non-hydrogen) atoms. The molecule has 1 aromatic heterocycles. The third-order valence-electron chi connectivity index (χ3n) is 5.36. The van der Waals surface area contributed by atoms with Crippen LogP contribution in [0.1, 0.15) is 37.7 Å². The minimum absolute atomic E-state index is 0. The molecule has 3 aromatic rings. The molecule has 0 amide bonds. The van der Waals surface area contributed by atoms with Gasteiger partial charge in [0.25, 0.3) is 0 Å². The van der Waals surface area contributed by atoms with Gasteiger partial charge in [-0.3, -0.25) is 0 Å². The number of aromatic nitrogens is 2. The van der Waals surface area contributed by atoms with Crippen LogP contribution in [0.5, 0.6) is 11.5 Å². The van der Waals surface area contributed by atoms with Gasteiger partial charge in [0, 0.05) is 29.4 Å². The van der Waals surface area contributed by atoms with Gasteiger partial charge in [0.2, 0.25) is 0 Å². The van der Waals surface area contributed by atoms with Crippen LogP contribution < -0.4 is 9.47 Å². The molecule has 0 atom stereocenters. The fourth-order valence-electron chi connectivity index (χ4n) is 3.82. The Kier molecular flexibility index (Phi) is 4.62. The van der Waals surface area contributed by atoms with Crippen molar-refractivity contribution >= 4 is 12.4 Å². The van der Waals surface area contributed by atoms with Crippen molar-refractivity contribution in [2.75, 3.05) is 13.2 Å². The summed E-state index contributed by atoms with van der Waals surface area (Å²) in [6, 6.07) is 12.9. The monoisotopic (exact) mass is 396 g/mol. The summed E-state index contributed by atoms with van der Waals surface area (Å²) in [6.45, 7) is 8.10. The van der Waals surface area contributed by atoms with E-state index >= 15 is 0 Å². The first-order valence-electron chi connectivity index (χ1n) is 9.62. The van der Waals surface area contributed by atoms with Crippen LogP contribution in [0.15, 0.2) is 36.4 Å². The molecule has 5 rings (SSSR count). The minimum atomic E-state index is -0.0489. The summed E-state index contributed by atoms with van der Waals surface area (Å²) < 4.78 is 11.3. The number of rotatable bonds is 2. The molecule has 0 bridgehead atoms. The Balaban J connectivity index is 0.00000192. The van der Waals surface area contributed by atoms with Gasteiger partial charge in [0.05, 0.1) is 24.6 Å². The van der Waals surface area contributed by atoms with E-state index in [1.807, 2.05) is 0 Å². The Morgan fingerprint density at radius 1 is 0.857 bits per heavy atom. The van der Waals surface area contributed by atoms with Gasteiger partial charge < -0.3 is 14.5 Å². The van der Waals surface area contributed by atoms with Crippen LogP contribution in [-0.4, -0.2) is 23.2 Å². The predicted molar refractivity (Wildman–Crippen MR) is 114 cm³/mol. The molecule has 0 saturated carbocycles. The van der Waals surface area contributed by atoms with Crippen molar-refractivity contribution in [2.45, 2.75) is 39.0 Å². The normalized spacial score (nSPS) is 14.7. The maximum absolute atomic E-state index is 5.67. The number of imidazole rings is 1. The third kappa shape index (κ3) is 3.16. The van der Waals surface area contributed by atoms with Crippen LogP contribution in [0.3, 0.4) is 0 Å². The highest BCUT2D eigenvalue weighted by Gasteiger charge is 2.24. The molecule has 0 aliphatic carbocycles. The van der Waals surface area contributed by atoms with Crippen molar-refractivity contribution in [3.05, 3.63) is 53.3 Å². The molecule has 2 aliphatic heterocycles. The summed E-state index contributed by atoms with van der Waals surface area (Å²) in [6.07, 6.45) is 1.93. The average Bonchev–Trinajstić information content (AvgIpc) is 3.37. The highest BCUT2D eigenvalue weighted by molar-refractivity contribution is 5.85. The van der Waals surface area contributed by atoms with E-state index in [1.54, 1.807) is 0 Å². The lowest BCUT2D eigenvalue weighted by molar-refractivity contribution is 0.356. The number of aromatic amines is 1. The van der Waals surface area contributed by atoms with E-state index in [0.717, 1.165) is 65.9 Å². The van der Waals surface area contributed by atoms with E-state index in [0.29, 0.717) is 0 Å². The van der Waals surface area contributed by atoms with Crippen LogP contribution in [-0.2, 0) is 18.3 Å². The molecular formula is C23H25ClN2O2.